The number of hydrogen-bond donors (Lipinski definition) is 1. The number of pyridine rings is 1. The molecule has 1 N–H and O–H groups in total. The predicted molar refractivity (Wildman–Crippen MR) is 79.6 cm³/mol. The number of hydrogen-bond acceptors (Lipinski definition) is 2. The van der Waals surface area contributed by atoms with E-state index in [1.807, 2.05) is 0 Å². The molecule has 0 aliphatic heterocycles. The van der Waals surface area contributed by atoms with E-state index in [1.165, 1.54) is 12.1 Å². The number of carbonyl (C=O) groups excluding carboxylic acids is 1. The van der Waals surface area contributed by atoms with Crippen molar-refractivity contribution in [3.63, 3.8) is 0 Å². The molecule has 2 aromatic rings. The van der Waals surface area contributed by atoms with Gasteiger partial charge < -0.3 is 5.32 Å². The van der Waals surface area contributed by atoms with Crippen LogP contribution >= 0.6 is 0 Å². The molecule has 0 atom stereocenters. The molecule has 1 amide bonds. The summed E-state index contributed by atoms with van der Waals surface area (Å²) in [5, 5.41) is 2.54. The lowest BCUT2D eigenvalue weighted by molar-refractivity contribution is -0.137. The molecule has 23 heavy (non-hydrogen) atoms. The van der Waals surface area contributed by atoms with Gasteiger partial charge in [0.25, 0.3) is 5.91 Å². The minimum absolute atomic E-state index is 0.0186. The third kappa shape index (κ3) is 4.85. The molecule has 0 saturated heterocycles. The van der Waals surface area contributed by atoms with Crippen LogP contribution in [0.3, 0.4) is 0 Å². The van der Waals surface area contributed by atoms with Crippen molar-refractivity contribution in [1.82, 2.24) is 10.3 Å². The Morgan fingerprint density at radius 2 is 1.96 bits per heavy atom. The first-order valence-electron chi connectivity index (χ1n) is 6.74. The molecule has 1 aromatic heterocycles. The fourth-order valence-corrected chi connectivity index (χ4v) is 1.80. The van der Waals surface area contributed by atoms with Crippen LogP contribution in [0, 0.1) is 18.8 Å². The fraction of sp³-hybridized carbons (Fsp3) is 0.176. The molecule has 118 valence electrons. The summed E-state index contributed by atoms with van der Waals surface area (Å²) in [5.74, 6) is 4.83. The van der Waals surface area contributed by atoms with Gasteiger partial charge in [-0.05, 0) is 37.3 Å². The van der Waals surface area contributed by atoms with Crippen LogP contribution in [0.5, 0.6) is 0 Å². The van der Waals surface area contributed by atoms with E-state index in [1.54, 1.807) is 25.1 Å². The molecule has 0 radical (unpaired) electrons. The van der Waals surface area contributed by atoms with Gasteiger partial charge in [0.1, 0.15) is 5.69 Å². The number of aromatic nitrogens is 1. The number of nitrogens with one attached hydrogen (secondary N) is 1. The average Bonchev–Trinajstić information content (AvgIpc) is 2.51. The average molecular weight is 318 g/mol. The van der Waals surface area contributed by atoms with Crippen LogP contribution in [0.15, 0.2) is 42.5 Å². The SMILES string of the molecule is Cc1cccc(C(=O)NCC#Cc2cccc(C(F)(F)F)c2)n1. The number of benzene rings is 1. The van der Waals surface area contributed by atoms with Crippen molar-refractivity contribution >= 4 is 5.91 Å². The maximum atomic E-state index is 12.6. The largest absolute Gasteiger partial charge is 0.416 e. The summed E-state index contributed by atoms with van der Waals surface area (Å²) in [6.45, 7) is 1.79. The van der Waals surface area contributed by atoms with Crippen molar-refractivity contribution in [1.29, 1.82) is 0 Å². The summed E-state index contributed by atoms with van der Waals surface area (Å²) in [5.41, 5.74) is 0.471. The number of alkyl halides is 3. The lowest BCUT2D eigenvalue weighted by Gasteiger charge is -2.05. The molecule has 0 bridgehead atoms. The van der Waals surface area contributed by atoms with Crippen molar-refractivity contribution in [2.45, 2.75) is 13.1 Å². The Labute approximate surface area is 131 Å². The summed E-state index contributed by atoms with van der Waals surface area (Å²) >= 11 is 0. The van der Waals surface area contributed by atoms with Gasteiger partial charge in [-0.25, -0.2) is 4.98 Å². The van der Waals surface area contributed by atoms with Crippen LogP contribution < -0.4 is 5.32 Å². The van der Waals surface area contributed by atoms with Crippen LogP contribution in [0.4, 0.5) is 13.2 Å². The molecule has 0 aliphatic rings. The van der Waals surface area contributed by atoms with Gasteiger partial charge in [-0.15, -0.1) is 0 Å². The lowest BCUT2D eigenvalue weighted by Crippen LogP contribution is -2.24. The molecule has 2 rings (SSSR count). The maximum absolute atomic E-state index is 12.6. The molecule has 3 nitrogen and oxygen atoms in total. The Morgan fingerprint density at radius 1 is 1.22 bits per heavy atom. The molecule has 6 heteroatoms. The Kier molecular flexibility index (Phi) is 5.02. The first-order chi connectivity index (χ1) is 10.9. The van der Waals surface area contributed by atoms with Crippen molar-refractivity contribution in [3.8, 4) is 11.8 Å². The first-order valence-corrected chi connectivity index (χ1v) is 6.74. The summed E-state index contributed by atoms with van der Waals surface area (Å²) < 4.78 is 37.7. The molecule has 0 unspecified atom stereocenters. The second kappa shape index (κ2) is 6.97. The van der Waals surface area contributed by atoms with Crippen molar-refractivity contribution in [2.24, 2.45) is 0 Å². The highest BCUT2D eigenvalue weighted by Crippen LogP contribution is 2.29. The highest BCUT2D eigenvalue weighted by Gasteiger charge is 2.30. The standard InChI is InChI=1S/C17H13F3N2O/c1-12-5-2-9-15(22-12)16(23)21-10-4-7-13-6-3-8-14(11-13)17(18,19)20/h2-3,5-6,8-9,11H,10H2,1H3,(H,21,23). The van der Waals surface area contributed by atoms with Gasteiger partial charge in [-0.2, -0.15) is 13.2 Å². The third-order valence-corrected chi connectivity index (χ3v) is 2.88. The van der Waals surface area contributed by atoms with E-state index >= 15 is 0 Å². The van der Waals surface area contributed by atoms with E-state index in [0.29, 0.717) is 5.69 Å². The summed E-state index contributed by atoms with van der Waals surface area (Å²) in [7, 11) is 0. The zero-order valence-corrected chi connectivity index (χ0v) is 12.2. The Morgan fingerprint density at radius 3 is 2.65 bits per heavy atom. The second-order valence-electron chi connectivity index (χ2n) is 4.73. The smallest absolute Gasteiger partial charge is 0.340 e. The predicted octanol–water partition coefficient (Wildman–Crippen LogP) is 3.19. The fourth-order valence-electron chi connectivity index (χ4n) is 1.80. The van der Waals surface area contributed by atoms with E-state index in [4.69, 9.17) is 0 Å². The summed E-state index contributed by atoms with van der Waals surface area (Å²) in [6.07, 6.45) is -4.40. The molecule has 1 aromatic carbocycles. The highest BCUT2D eigenvalue weighted by atomic mass is 19.4. The number of nitrogens with zero attached hydrogens (tertiary/aromatic N) is 1. The van der Waals surface area contributed by atoms with Crippen molar-refractivity contribution < 1.29 is 18.0 Å². The highest BCUT2D eigenvalue weighted by molar-refractivity contribution is 5.92. The van der Waals surface area contributed by atoms with Gasteiger partial charge in [0, 0.05) is 11.3 Å². The van der Waals surface area contributed by atoms with E-state index in [0.717, 1.165) is 12.1 Å². The quantitative estimate of drug-likeness (QED) is 0.864. The van der Waals surface area contributed by atoms with Crippen molar-refractivity contribution in [2.75, 3.05) is 6.54 Å². The van der Waals surface area contributed by atoms with Crippen LogP contribution in [0.2, 0.25) is 0 Å². The van der Waals surface area contributed by atoms with Crippen LogP contribution in [0.1, 0.15) is 27.3 Å². The molecule has 1 heterocycles. The zero-order chi connectivity index (χ0) is 16.9. The number of amides is 1. The number of rotatable bonds is 2. The van der Waals surface area contributed by atoms with Gasteiger partial charge in [0.15, 0.2) is 0 Å². The topological polar surface area (TPSA) is 42.0 Å². The molecular weight excluding hydrogens is 305 g/mol. The van der Waals surface area contributed by atoms with E-state index in [2.05, 4.69) is 22.1 Å². The number of aryl methyl sites for hydroxylation is 1. The molecule has 0 spiro atoms. The Balaban J connectivity index is 1.97. The minimum atomic E-state index is -4.40. The first kappa shape index (κ1) is 16.6. The van der Waals surface area contributed by atoms with E-state index < -0.39 is 11.7 Å². The maximum Gasteiger partial charge on any atom is 0.416 e. The van der Waals surface area contributed by atoms with Crippen LogP contribution in [-0.4, -0.2) is 17.4 Å². The zero-order valence-electron chi connectivity index (χ0n) is 12.2. The minimum Gasteiger partial charge on any atom is -0.340 e. The monoisotopic (exact) mass is 318 g/mol. The number of carbonyl (C=O) groups is 1. The van der Waals surface area contributed by atoms with E-state index in [-0.39, 0.29) is 23.7 Å². The third-order valence-electron chi connectivity index (χ3n) is 2.88. The van der Waals surface area contributed by atoms with Gasteiger partial charge in [0.05, 0.1) is 12.1 Å². The van der Waals surface area contributed by atoms with Gasteiger partial charge in [0.2, 0.25) is 0 Å². The Bertz CT molecular complexity index is 773. The van der Waals surface area contributed by atoms with Crippen molar-refractivity contribution in [3.05, 3.63) is 65.0 Å². The van der Waals surface area contributed by atoms with E-state index in [9.17, 15) is 18.0 Å². The number of halogens is 3. The Hall–Kier alpha value is -2.81. The lowest BCUT2D eigenvalue weighted by atomic mass is 10.1. The van der Waals surface area contributed by atoms with Gasteiger partial charge in [-0.1, -0.05) is 24.0 Å². The summed E-state index contributed by atoms with van der Waals surface area (Å²) in [4.78, 5) is 15.9. The van der Waals surface area contributed by atoms with Gasteiger partial charge in [-0.3, -0.25) is 4.79 Å². The molecule has 0 saturated carbocycles. The summed E-state index contributed by atoms with van der Waals surface area (Å²) in [6, 6.07) is 9.78. The van der Waals surface area contributed by atoms with Crippen LogP contribution in [0.25, 0.3) is 0 Å². The molecule has 0 aliphatic carbocycles. The molecule has 0 fully saturated rings. The molecular formula is C17H13F3N2O. The second-order valence-corrected chi connectivity index (χ2v) is 4.73. The normalized spacial score (nSPS) is 10.6. The van der Waals surface area contributed by atoms with Crippen LogP contribution in [-0.2, 0) is 6.18 Å². The van der Waals surface area contributed by atoms with Gasteiger partial charge >= 0.3 is 6.18 Å².